The smallest absolute Gasteiger partial charge is 0.255 e. The Labute approximate surface area is 105 Å². The summed E-state index contributed by atoms with van der Waals surface area (Å²) in [6.45, 7) is 2.12. The summed E-state index contributed by atoms with van der Waals surface area (Å²) in [5, 5.41) is 21.9. The van der Waals surface area contributed by atoms with E-state index in [-0.39, 0.29) is 17.9 Å². The lowest BCUT2D eigenvalue weighted by Gasteiger charge is -2.11. The van der Waals surface area contributed by atoms with E-state index in [0.717, 1.165) is 6.42 Å². The van der Waals surface area contributed by atoms with Crippen molar-refractivity contribution in [3.8, 4) is 5.75 Å². The van der Waals surface area contributed by atoms with Crippen molar-refractivity contribution in [2.24, 2.45) is 0 Å². The van der Waals surface area contributed by atoms with E-state index < -0.39 is 12.0 Å². The summed E-state index contributed by atoms with van der Waals surface area (Å²) in [5.41, 5.74) is 0.112. The third-order valence-electron chi connectivity index (χ3n) is 2.32. The van der Waals surface area contributed by atoms with Gasteiger partial charge in [-0.1, -0.05) is 24.9 Å². The molecule has 0 aliphatic rings. The van der Waals surface area contributed by atoms with E-state index in [4.69, 9.17) is 11.6 Å². The Bertz CT molecular complexity index is 395. The van der Waals surface area contributed by atoms with E-state index in [1.807, 2.05) is 6.92 Å². The number of rotatable bonds is 5. The highest BCUT2D eigenvalue weighted by Crippen LogP contribution is 2.21. The zero-order valence-corrected chi connectivity index (χ0v) is 10.4. The average molecular weight is 258 g/mol. The Balaban J connectivity index is 2.61. The first-order valence-corrected chi connectivity index (χ1v) is 5.87. The van der Waals surface area contributed by atoms with E-state index in [2.05, 4.69) is 5.32 Å². The quantitative estimate of drug-likeness (QED) is 0.755. The third-order valence-corrected chi connectivity index (χ3v) is 2.56. The maximum atomic E-state index is 11.7. The monoisotopic (exact) mass is 257 g/mol. The predicted molar refractivity (Wildman–Crippen MR) is 66.4 cm³/mol. The molecular weight excluding hydrogens is 242 g/mol. The molecule has 1 aromatic rings. The fraction of sp³-hybridized carbons (Fsp3) is 0.417. The highest BCUT2D eigenvalue weighted by molar-refractivity contribution is 6.31. The molecule has 1 rings (SSSR count). The van der Waals surface area contributed by atoms with E-state index >= 15 is 0 Å². The molecule has 0 heterocycles. The van der Waals surface area contributed by atoms with Crippen molar-refractivity contribution in [1.29, 1.82) is 0 Å². The number of aliphatic hydroxyl groups is 1. The van der Waals surface area contributed by atoms with Crippen LogP contribution < -0.4 is 5.32 Å². The van der Waals surface area contributed by atoms with Crippen LogP contribution in [-0.4, -0.2) is 28.8 Å². The zero-order valence-electron chi connectivity index (χ0n) is 9.61. The molecule has 0 aliphatic heterocycles. The Kier molecular flexibility index (Phi) is 5.25. The van der Waals surface area contributed by atoms with Crippen molar-refractivity contribution >= 4 is 17.5 Å². The van der Waals surface area contributed by atoms with Crippen LogP contribution >= 0.6 is 11.6 Å². The Hall–Kier alpha value is -1.26. The van der Waals surface area contributed by atoms with Crippen LogP contribution in [0.3, 0.4) is 0 Å². The van der Waals surface area contributed by atoms with Gasteiger partial charge < -0.3 is 15.5 Å². The van der Waals surface area contributed by atoms with Gasteiger partial charge in [-0.15, -0.1) is 0 Å². The first-order valence-electron chi connectivity index (χ1n) is 5.49. The normalized spacial score (nSPS) is 12.2. The Morgan fingerprint density at radius 1 is 1.53 bits per heavy atom. The second-order valence-corrected chi connectivity index (χ2v) is 4.25. The third kappa shape index (κ3) is 4.24. The lowest BCUT2D eigenvalue weighted by molar-refractivity contribution is 0.0907. The van der Waals surface area contributed by atoms with Gasteiger partial charge in [-0.2, -0.15) is 0 Å². The van der Waals surface area contributed by atoms with Gasteiger partial charge in [0.1, 0.15) is 5.75 Å². The molecule has 94 valence electrons. The summed E-state index contributed by atoms with van der Waals surface area (Å²) >= 11 is 5.73. The molecule has 3 N–H and O–H groups in total. The van der Waals surface area contributed by atoms with Gasteiger partial charge in [0.2, 0.25) is 0 Å². The number of phenols is 1. The lowest BCUT2D eigenvalue weighted by Crippen LogP contribution is -2.32. The molecule has 0 fully saturated rings. The number of halogens is 1. The number of aliphatic hydroxyl groups excluding tert-OH is 1. The van der Waals surface area contributed by atoms with Crippen molar-refractivity contribution in [3.05, 3.63) is 28.8 Å². The van der Waals surface area contributed by atoms with Gasteiger partial charge >= 0.3 is 0 Å². The lowest BCUT2D eigenvalue weighted by atomic mass is 10.1. The number of hydrogen-bond acceptors (Lipinski definition) is 3. The molecule has 17 heavy (non-hydrogen) atoms. The number of carbonyl (C=O) groups excluding carboxylic acids is 1. The maximum Gasteiger partial charge on any atom is 0.255 e. The molecule has 1 unspecified atom stereocenters. The molecule has 0 radical (unpaired) electrons. The Morgan fingerprint density at radius 2 is 2.24 bits per heavy atom. The van der Waals surface area contributed by atoms with Crippen LogP contribution in [0.15, 0.2) is 18.2 Å². The van der Waals surface area contributed by atoms with Crippen LogP contribution in [0, 0.1) is 0 Å². The van der Waals surface area contributed by atoms with Crippen LogP contribution in [0.5, 0.6) is 5.75 Å². The van der Waals surface area contributed by atoms with Gasteiger partial charge in [-0.3, -0.25) is 4.79 Å². The molecule has 4 nitrogen and oxygen atoms in total. The molecule has 0 aliphatic carbocycles. The van der Waals surface area contributed by atoms with Crippen LogP contribution in [0.25, 0.3) is 0 Å². The van der Waals surface area contributed by atoms with Crippen LogP contribution in [0.1, 0.15) is 30.1 Å². The average Bonchev–Trinajstić information content (AvgIpc) is 2.29. The second kappa shape index (κ2) is 6.47. The van der Waals surface area contributed by atoms with Gasteiger partial charge in [-0.25, -0.2) is 0 Å². The molecule has 1 atom stereocenters. The summed E-state index contributed by atoms with van der Waals surface area (Å²) in [6.07, 6.45) is 0.909. The van der Waals surface area contributed by atoms with Crippen LogP contribution in [-0.2, 0) is 0 Å². The fourth-order valence-electron chi connectivity index (χ4n) is 1.43. The molecule has 0 saturated heterocycles. The summed E-state index contributed by atoms with van der Waals surface area (Å²) in [7, 11) is 0. The molecular formula is C12H16ClNO3. The summed E-state index contributed by atoms with van der Waals surface area (Å²) in [6, 6.07) is 4.25. The minimum absolute atomic E-state index is 0.112. The fourth-order valence-corrected chi connectivity index (χ4v) is 1.60. The Morgan fingerprint density at radius 3 is 2.88 bits per heavy atom. The molecule has 0 spiro atoms. The van der Waals surface area contributed by atoms with Crippen molar-refractivity contribution in [1.82, 2.24) is 5.32 Å². The van der Waals surface area contributed by atoms with E-state index in [9.17, 15) is 15.0 Å². The standard InChI is InChI=1S/C12H16ClNO3/c1-2-3-9(15)7-14-12(17)10-6-8(13)4-5-11(10)16/h4-6,9,15-16H,2-3,7H2,1H3,(H,14,17). The molecule has 0 saturated carbocycles. The summed E-state index contributed by atoms with van der Waals surface area (Å²) < 4.78 is 0. The van der Waals surface area contributed by atoms with Gasteiger partial charge in [0.05, 0.1) is 11.7 Å². The predicted octanol–water partition coefficient (Wildman–Crippen LogP) is 1.94. The summed E-state index contributed by atoms with van der Waals surface area (Å²) in [5.74, 6) is -0.572. The van der Waals surface area contributed by atoms with Gasteiger partial charge in [0.15, 0.2) is 0 Å². The van der Waals surface area contributed by atoms with Crippen molar-refractivity contribution < 1.29 is 15.0 Å². The largest absolute Gasteiger partial charge is 0.507 e. The topological polar surface area (TPSA) is 69.6 Å². The summed E-state index contributed by atoms with van der Waals surface area (Å²) in [4.78, 5) is 11.7. The van der Waals surface area contributed by atoms with Crippen LogP contribution in [0.4, 0.5) is 0 Å². The molecule has 5 heteroatoms. The number of hydrogen-bond donors (Lipinski definition) is 3. The maximum absolute atomic E-state index is 11.7. The van der Waals surface area contributed by atoms with Crippen molar-refractivity contribution in [2.45, 2.75) is 25.9 Å². The number of nitrogens with one attached hydrogen (secondary N) is 1. The number of aromatic hydroxyl groups is 1. The number of amides is 1. The zero-order chi connectivity index (χ0) is 12.8. The van der Waals surface area contributed by atoms with E-state index in [1.165, 1.54) is 18.2 Å². The molecule has 0 aromatic heterocycles. The number of phenolic OH excluding ortho intramolecular Hbond substituents is 1. The first-order chi connectivity index (χ1) is 8.04. The number of carbonyl (C=O) groups is 1. The molecule has 1 aromatic carbocycles. The highest BCUT2D eigenvalue weighted by atomic mass is 35.5. The minimum Gasteiger partial charge on any atom is -0.507 e. The number of benzene rings is 1. The van der Waals surface area contributed by atoms with Crippen molar-refractivity contribution in [2.75, 3.05) is 6.54 Å². The SMILES string of the molecule is CCCC(O)CNC(=O)c1cc(Cl)ccc1O. The van der Waals surface area contributed by atoms with Gasteiger partial charge in [0, 0.05) is 11.6 Å². The van der Waals surface area contributed by atoms with Crippen molar-refractivity contribution in [3.63, 3.8) is 0 Å². The second-order valence-electron chi connectivity index (χ2n) is 3.81. The molecule has 1 amide bonds. The van der Waals surface area contributed by atoms with E-state index in [0.29, 0.717) is 11.4 Å². The first kappa shape index (κ1) is 13.8. The van der Waals surface area contributed by atoms with E-state index in [1.54, 1.807) is 0 Å². The van der Waals surface area contributed by atoms with Crippen LogP contribution in [0.2, 0.25) is 5.02 Å². The van der Waals surface area contributed by atoms with Gasteiger partial charge in [-0.05, 0) is 24.6 Å². The molecule has 0 bridgehead atoms. The van der Waals surface area contributed by atoms with Gasteiger partial charge in [0.25, 0.3) is 5.91 Å². The highest BCUT2D eigenvalue weighted by Gasteiger charge is 2.12. The minimum atomic E-state index is -0.565.